The zero-order chi connectivity index (χ0) is 43.5. The van der Waals surface area contributed by atoms with Crippen molar-refractivity contribution in [1.29, 1.82) is 0 Å². The van der Waals surface area contributed by atoms with Gasteiger partial charge >= 0.3 is 17.9 Å². The predicted octanol–water partition coefficient (Wildman–Crippen LogP) is 12.7. The molecule has 8 heteroatoms. The van der Waals surface area contributed by atoms with Crippen LogP contribution in [0.25, 0.3) is 0 Å². The lowest BCUT2D eigenvalue weighted by molar-refractivity contribution is -0.887. The summed E-state index contributed by atoms with van der Waals surface area (Å²) in [7, 11) is 5.49. The smallest absolute Gasteiger partial charge is 0.362 e. The summed E-state index contributed by atoms with van der Waals surface area (Å²) in [4.78, 5) is 37.0. The van der Waals surface area contributed by atoms with Crippen molar-refractivity contribution in [2.24, 2.45) is 0 Å². The summed E-state index contributed by atoms with van der Waals surface area (Å²) in [6, 6.07) is -0.634. The molecule has 0 aromatic rings. The highest BCUT2D eigenvalue weighted by Crippen LogP contribution is 2.12. The number of allylic oxidation sites excluding steroid dienone is 16. The highest BCUT2D eigenvalue weighted by atomic mass is 16.6. The van der Waals surface area contributed by atoms with E-state index in [0.29, 0.717) is 19.3 Å². The lowest BCUT2D eigenvalue weighted by atomic mass is 10.1. The molecule has 0 amide bonds. The minimum Gasteiger partial charge on any atom is -0.477 e. The molecule has 0 radical (unpaired) electrons. The Morgan fingerprint density at radius 2 is 1.03 bits per heavy atom. The molecule has 0 bridgehead atoms. The second kappa shape index (κ2) is 41.0. The highest BCUT2D eigenvalue weighted by Gasteiger charge is 2.31. The number of rotatable bonds is 39. The zero-order valence-corrected chi connectivity index (χ0v) is 37.9. The number of carboxylic acid groups (broad SMARTS) is 1. The van der Waals surface area contributed by atoms with E-state index < -0.39 is 18.1 Å². The number of hydrogen-bond acceptors (Lipinski definition) is 6. The Morgan fingerprint density at radius 1 is 0.542 bits per heavy atom. The van der Waals surface area contributed by atoms with Crippen LogP contribution in [0.5, 0.6) is 0 Å². The van der Waals surface area contributed by atoms with Gasteiger partial charge in [0.05, 0.1) is 34.4 Å². The molecule has 1 N–H and O–H groups in total. The zero-order valence-electron chi connectivity index (χ0n) is 37.9. The summed E-state index contributed by atoms with van der Waals surface area (Å²) in [5, 5.41) is 9.63. The molecular formula is C51H84NO7+. The molecule has 2 atom stereocenters. The van der Waals surface area contributed by atoms with Gasteiger partial charge in [0, 0.05) is 19.3 Å². The standard InChI is InChI=1S/C51H83NO7/c1-6-8-10-12-14-16-18-20-22-24-26-27-29-31-33-35-37-39-41-49(53)58-46-47(45-57-44-43-48(51(55)56)52(3,4)5)59-50(54)42-40-38-36-34-32-30-28-25-23-21-19-17-15-13-11-9-7-2/h9,11,15,17-18,20-24,26-28,30,34,36,47-48H,6-8,10,12-14,16,19,25,29,31-33,35,37-46H2,1-5H3/p+1/b11-9+,17-15+,20-18+,23-21+,24-22+,27-26+,30-28+,36-34+. The van der Waals surface area contributed by atoms with Gasteiger partial charge in [-0.05, 0) is 77.0 Å². The third kappa shape index (κ3) is 39.5. The van der Waals surface area contributed by atoms with Gasteiger partial charge in [-0.1, -0.05) is 156 Å². The third-order valence-corrected chi connectivity index (χ3v) is 9.53. The molecule has 0 saturated carbocycles. The van der Waals surface area contributed by atoms with E-state index in [4.69, 9.17) is 14.2 Å². The van der Waals surface area contributed by atoms with E-state index in [1.54, 1.807) is 0 Å². The van der Waals surface area contributed by atoms with Crippen LogP contribution in [0.3, 0.4) is 0 Å². The van der Waals surface area contributed by atoms with E-state index in [0.717, 1.165) is 83.5 Å². The van der Waals surface area contributed by atoms with Crippen LogP contribution < -0.4 is 0 Å². The number of aliphatic carboxylic acids is 1. The molecule has 0 saturated heterocycles. The van der Waals surface area contributed by atoms with Crippen LogP contribution in [0.1, 0.15) is 155 Å². The molecule has 0 aliphatic rings. The van der Waals surface area contributed by atoms with Gasteiger partial charge in [0.2, 0.25) is 0 Å². The van der Waals surface area contributed by atoms with E-state index in [-0.39, 0.29) is 42.7 Å². The number of nitrogens with zero attached hydrogens (tertiary/aromatic N) is 1. The average Bonchev–Trinajstić information content (AvgIpc) is 3.19. The Labute approximate surface area is 360 Å². The topological polar surface area (TPSA) is 99.1 Å². The van der Waals surface area contributed by atoms with Crippen molar-refractivity contribution < 1.29 is 38.2 Å². The van der Waals surface area contributed by atoms with Crippen molar-refractivity contribution in [3.05, 3.63) is 97.2 Å². The first kappa shape index (κ1) is 55.2. The molecule has 0 aliphatic carbocycles. The summed E-state index contributed by atoms with van der Waals surface area (Å²) in [5.41, 5.74) is 0. The fourth-order valence-electron chi connectivity index (χ4n) is 6.01. The monoisotopic (exact) mass is 823 g/mol. The van der Waals surface area contributed by atoms with Gasteiger partial charge in [-0.2, -0.15) is 0 Å². The van der Waals surface area contributed by atoms with Crippen molar-refractivity contribution >= 4 is 17.9 Å². The number of hydrogen-bond donors (Lipinski definition) is 1. The van der Waals surface area contributed by atoms with Crippen LogP contribution in [0.2, 0.25) is 0 Å². The molecule has 0 spiro atoms. The summed E-state index contributed by atoms with van der Waals surface area (Å²) in [5.74, 6) is -1.58. The van der Waals surface area contributed by atoms with Crippen molar-refractivity contribution in [3.8, 4) is 0 Å². The van der Waals surface area contributed by atoms with E-state index in [1.807, 2.05) is 21.1 Å². The van der Waals surface area contributed by atoms with Gasteiger partial charge in [-0.25, -0.2) is 4.79 Å². The summed E-state index contributed by atoms with van der Waals surface area (Å²) < 4.78 is 17.2. The maximum Gasteiger partial charge on any atom is 0.362 e. The van der Waals surface area contributed by atoms with Crippen LogP contribution in [-0.2, 0) is 28.6 Å². The number of esters is 2. The molecular weight excluding hydrogens is 739 g/mol. The first-order valence-corrected chi connectivity index (χ1v) is 22.8. The largest absolute Gasteiger partial charge is 0.477 e. The molecule has 0 aromatic carbocycles. The highest BCUT2D eigenvalue weighted by molar-refractivity contribution is 5.72. The summed E-state index contributed by atoms with van der Waals surface area (Å²) >= 11 is 0. The molecule has 2 unspecified atom stereocenters. The van der Waals surface area contributed by atoms with Crippen molar-refractivity contribution in [2.45, 2.75) is 167 Å². The van der Waals surface area contributed by atoms with Crippen molar-refractivity contribution in [2.75, 3.05) is 41.0 Å². The van der Waals surface area contributed by atoms with Gasteiger partial charge < -0.3 is 23.8 Å². The van der Waals surface area contributed by atoms with Crippen molar-refractivity contribution in [1.82, 2.24) is 0 Å². The van der Waals surface area contributed by atoms with E-state index in [2.05, 4.69) is 111 Å². The predicted molar refractivity (Wildman–Crippen MR) is 247 cm³/mol. The maximum atomic E-state index is 12.7. The normalized spacial score (nSPS) is 13.8. The Hall–Kier alpha value is -3.75. The lowest BCUT2D eigenvalue weighted by Crippen LogP contribution is -2.50. The van der Waals surface area contributed by atoms with Gasteiger partial charge in [-0.15, -0.1) is 0 Å². The minimum atomic E-state index is -0.891. The Kier molecular flexibility index (Phi) is 38.4. The van der Waals surface area contributed by atoms with Gasteiger partial charge in [0.15, 0.2) is 12.1 Å². The average molecular weight is 823 g/mol. The van der Waals surface area contributed by atoms with Crippen LogP contribution in [-0.4, -0.2) is 80.6 Å². The van der Waals surface area contributed by atoms with Gasteiger partial charge in [-0.3, -0.25) is 9.59 Å². The van der Waals surface area contributed by atoms with Crippen LogP contribution in [0, 0.1) is 0 Å². The Balaban J connectivity index is 4.49. The van der Waals surface area contributed by atoms with Gasteiger partial charge in [0.1, 0.15) is 6.61 Å². The van der Waals surface area contributed by atoms with E-state index in [1.165, 1.54) is 32.1 Å². The number of ether oxygens (including phenoxy) is 3. The molecule has 8 nitrogen and oxygen atoms in total. The fourth-order valence-corrected chi connectivity index (χ4v) is 6.01. The van der Waals surface area contributed by atoms with E-state index in [9.17, 15) is 19.5 Å². The first-order valence-electron chi connectivity index (χ1n) is 22.8. The molecule has 59 heavy (non-hydrogen) atoms. The molecule has 0 aromatic heterocycles. The first-order chi connectivity index (χ1) is 28.6. The molecule has 334 valence electrons. The third-order valence-electron chi connectivity index (χ3n) is 9.53. The minimum absolute atomic E-state index is 0.0252. The molecule has 0 fully saturated rings. The van der Waals surface area contributed by atoms with Gasteiger partial charge in [0.25, 0.3) is 0 Å². The quantitative estimate of drug-likeness (QED) is 0.0217. The molecule has 0 aliphatic heterocycles. The summed E-state index contributed by atoms with van der Waals surface area (Å²) in [6.45, 7) is 4.50. The summed E-state index contributed by atoms with van der Waals surface area (Å²) in [6.07, 6.45) is 54.6. The molecule has 0 heterocycles. The van der Waals surface area contributed by atoms with Crippen LogP contribution in [0.4, 0.5) is 0 Å². The van der Waals surface area contributed by atoms with Crippen molar-refractivity contribution in [3.63, 3.8) is 0 Å². The van der Waals surface area contributed by atoms with E-state index >= 15 is 0 Å². The Bertz CT molecular complexity index is 1280. The number of quaternary nitrogens is 1. The van der Waals surface area contributed by atoms with Crippen LogP contribution in [0.15, 0.2) is 97.2 Å². The fraction of sp³-hybridized carbons (Fsp3) is 0.627. The number of unbranched alkanes of at least 4 members (excludes halogenated alkanes) is 11. The number of carboxylic acids is 1. The maximum absolute atomic E-state index is 12.7. The number of carbonyl (C=O) groups excluding carboxylic acids is 2. The van der Waals surface area contributed by atoms with Crippen LogP contribution >= 0.6 is 0 Å². The molecule has 0 rings (SSSR count). The lowest BCUT2D eigenvalue weighted by Gasteiger charge is -2.31. The number of carbonyl (C=O) groups is 3. The second-order valence-corrected chi connectivity index (χ2v) is 16.0. The SMILES string of the molecule is CC/C=C/C/C=C/C/C=C/C/C=C/C/C=C/CCCC(=O)OC(COCCC(C(=O)O)[N+](C)(C)C)COC(=O)CCCCCCC/C=C/C=C/C=C/CCCCCCC. The Morgan fingerprint density at radius 3 is 1.58 bits per heavy atom. The second-order valence-electron chi connectivity index (χ2n) is 16.0. The number of likely N-dealkylation sites (N-methyl/N-ethyl adjacent to an activating group) is 1.